The number of carboxylic acids is 2. The summed E-state index contributed by atoms with van der Waals surface area (Å²) in [6, 6.07) is 22.5. The van der Waals surface area contributed by atoms with Gasteiger partial charge in [0.15, 0.2) is 11.9 Å². The van der Waals surface area contributed by atoms with Gasteiger partial charge in [0.25, 0.3) is 0 Å². The number of hydrogen-bond donors (Lipinski definition) is 3. The van der Waals surface area contributed by atoms with Crippen molar-refractivity contribution in [2.45, 2.75) is 26.2 Å². The number of aromatic hydroxyl groups is 1. The van der Waals surface area contributed by atoms with E-state index in [4.69, 9.17) is 4.74 Å². The Kier molecular flexibility index (Phi) is 9.50. The van der Waals surface area contributed by atoms with E-state index in [1.807, 2.05) is 31.3 Å². The number of benzene rings is 4. The number of aryl methyl sites for hydroxylation is 1. The van der Waals surface area contributed by atoms with Gasteiger partial charge in [-0.2, -0.15) is 0 Å². The van der Waals surface area contributed by atoms with Crippen LogP contribution in [0.1, 0.15) is 50.4 Å². The Morgan fingerprint density at radius 3 is 1.80 bits per heavy atom. The van der Waals surface area contributed by atoms with Crippen molar-refractivity contribution in [2.24, 2.45) is 0 Å². The van der Waals surface area contributed by atoms with E-state index >= 15 is 0 Å². The van der Waals surface area contributed by atoms with Gasteiger partial charge in [0, 0.05) is 44.3 Å². The lowest BCUT2D eigenvalue weighted by molar-refractivity contribution is -0.387. The van der Waals surface area contributed by atoms with Crippen molar-refractivity contribution < 1.29 is 39.7 Å². The maximum absolute atomic E-state index is 12.9. The quantitative estimate of drug-likeness (QED) is 0.272. The summed E-state index contributed by atoms with van der Waals surface area (Å²) in [5, 5.41) is 44.8. The number of aromatic carboxylic acids is 2. The first-order chi connectivity index (χ1) is 19.8. The molecule has 1 saturated heterocycles. The highest BCUT2D eigenvalue weighted by Gasteiger charge is 2.20. The van der Waals surface area contributed by atoms with Gasteiger partial charge in [0.2, 0.25) is 0 Å². The molecule has 5 aromatic rings. The Bertz CT molecular complexity index is 1570. The lowest BCUT2D eigenvalue weighted by atomic mass is 9.90. The van der Waals surface area contributed by atoms with Crippen LogP contribution in [0.4, 0.5) is 0 Å². The number of phenols is 1. The number of rotatable bonds is 4. The molecule has 1 aliphatic rings. The Balaban J connectivity index is 0.000000265. The first-order valence-corrected chi connectivity index (χ1v) is 13.2. The summed E-state index contributed by atoms with van der Waals surface area (Å²) >= 11 is 0. The van der Waals surface area contributed by atoms with Crippen LogP contribution in [-0.4, -0.2) is 40.5 Å². The topological polar surface area (TPSA) is 141 Å². The smallest absolute Gasteiger partial charge is 0.339 e. The second-order valence-electron chi connectivity index (χ2n) is 9.58. The molecule has 0 aliphatic carbocycles. The number of fused-ring (bicyclic) bond motifs is 2. The summed E-state index contributed by atoms with van der Waals surface area (Å²) in [6.45, 7) is 4.03. The number of hydrogen-bond acceptors (Lipinski definition) is 5. The lowest BCUT2D eigenvalue weighted by Crippen LogP contribution is -2.09. The Hall–Kier alpha value is -4.95. The van der Waals surface area contributed by atoms with Gasteiger partial charge in [-0.05, 0) is 52.1 Å². The van der Waals surface area contributed by atoms with Crippen LogP contribution in [0.25, 0.3) is 21.5 Å². The van der Waals surface area contributed by atoms with E-state index in [1.165, 1.54) is 30.7 Å². The van der Waals surface area contributed by atoms with Crippen LogP contribution in [0.2, 0.25) is 0 Å². The van der Waals surface area contributed by atoms with Gasteiger partial charge >= 0.3 is 11.9 Å². The molecule has 4 N–H and O–H groups in total. The molecule has 0 unspecified atom stereocenters. The average molecular weight is 554 g/mol. The van der Waals surface area contributed by atoms with Crippen molar-refractivity contribution in [1.29, 1.82) is 0 Å². The van der Waals surface area contributed by atoms with Gasteiger partial charge in [-0.1, -0.05) is 60.3 Å². The first-order valence-electron chi connectivity index (χ1n) is 13.2. The van der Waals surface area contributed by atoms with E-state index in [2.05, 4.69) is 4.98 Å². The van der Waals surface area contributed by atoms with E-state index < -0.39 is 23.4 Å². The highest BCUT2D eigenvalue weighted by atomic mass is 16.5. The summed E-state index contributed by atoms with van der Waals surface area (Å²) < 4.78 is 4.94. The number of ether oxygens (including phenoxy) is 1. The predicted molar refractivity (Wildman–Crippen MR) is 154 cm³/mol. The largest absolute Gasteiger partial charge is 0.872 e. The highest BCUT2D eigenvalue weighted by Crippen LogP contribution is 2.37. The van der Waals surface area contributed by atoms with Gasteiger partial charge in [-0.25, -0.2) is 14.6 Å². The van der Waals surface area contributed by atoms with Crippen molar-refractivity contribution >= 4 is 33.5 Å². The lowest BCUT2D eigenvalue weighted by Gasteiger charge is -2.21. The molecule has 0 saturated carbocycles. The molecule has 41 heavy (non-hydrogen) atoms. The van der Waals surface area contributed by atoms with Crippen LogP contribution in [0.5, 0.6) is 11.5 Å². The third-order valence-electron chi connectivity index (χ3n) is 6.74. The molecule has 210 valence electrons. The fourth-order valence-electron chi connectivity index (χ4n) is 4.66. The fraction of sp³-hybridized carbons (Fsp3) is 0.182. The fourth-order valence-corrected chi connectivity index (χ4v) is 4.66. The van der Waals surface area contributed by atoms with Crippen LogP contribution in [0.3, 0.4) is 0 Å². The molecule has 2 heterocycles. The zero-order valence-electron chi connectivity index (χ0n) is 22.6. The maximum atomic E-state index is 12.9. The summed E-state index contributed by atoms with van der Waals surface area (Å²) in [5.74, 6) is -3.71. The predicted octanol–water partition coefficient (Wildman–Crippen LogP) is 5.37. The van der Waals surface area contributed by atoms with Crippen LogP contribution >= 0.6 is 0 Å². The van der Waals surface area contributed by atoms with Gasteiger partial charge in [0.1, 0.15) is 11.3 Å². The summed E-state index contributed by atoms with van der Waals surface area (Å²) in [5.41, 5.74) is 1.03. The van der Waals surface area contributed by atoms with Crippen LogP contribution in [0, 0.1) is 6.92 Å². The van der Waals surface area contributed by atoms with Crippen molar-refractivity contribution in [3.63, 3.8) is 0 Å². The van der Waals surface area contributed by atoms with Crippen molar-refractivity contribution in [3.8, 4) is 11.5 Å². The third-order valence-corrected chi connectivity index (χ3v) is 6.74. The second-order valence-corrected chi connectivity index (χ2v) is 9.58. The number of H-pyrrole nitrogens is 1. The van der Waals surface area contributed by atoms with Crippen molar-refractivity contribution in [2.75, 3.05) is 13.2 Å². The molecule has 0 spiro atoms. The summed E-state index contributed by atoms with van der Waals surface area (Å²) in [7, 11) is 0. The molecule has 0 amide bonds. The average Bonchev–Trinajstić information content (AvgIpc) is 3.56. The van der Waals surface area contributed by atoms with E-state index in [1.54, 1.807) is 48.5 Å². The minimum Gasteiger partial charge on any atom is -0.872 e. The SMILES string of the molecule is C1CCOC1.Cc1cccc[nH+]1.O=C(O)c1cc2ccccc2c(Cc2c(O)c(C(=O)O)cc3ccccc23)c1[O-]. The third kappa shape index (κ3) is 6.98. The molecule has 1 fully saturated rings. The monoisotopic (exact) mass is 553 g/mol. The van der Waals surface area contributed by atoms with E-state index in [9.17, 15) is 30.0 Å². The van der Waals surface area contributed by atoms with Crippen molar-refractivity contribution in [1.82, 2.24) is 0 Å². The van der Waals surface area contributed by atoms with E-state index in [-0.39, 0.29) is 28.7 Å². The zero-order valence-corrected chi connectivity index (χ0v) is 22.6. The van der Waals surface area contributed by atoms with Gasteiger partial charge in [0.05, 0.1) is 5.56 Å². The molecule has 1 aliphatic heterocycles. The Labute approximate surface area is 237 Å². The van der Waals surface area contributed by atoms with Crippen LogP contribution < -0.4 is 10.1 Å². The van der Waals surface area contributed by atoms with Gasteiger partial charge in [-0.15, -0.1) is 0 Å². The molecule has 0 radical (unpaired) electrons. The molecular formula is C33H31NO7. The number of carboxylic acid groups (broad SMARTS) is 2. The molecule has 4 aromatic carbocycles. The summed E-state index contributed by atoms with van der Waals surface area (Å²) in [6.07, 6.45) is 4.36. The number of carbonyl (C=O) groups is 2. The molecular weight excluding hydrogens is 522 g/mol. The number of pyridine rings is 1. The molecule has 8 nitrogen and oxygen atoms in total. The van der Waals surface area contributed by atoms with Gasteiger partial charge in [-0.3, -0.25) is 0 Å². The second kappa shape index (κ2) is 13.4. The van der Waals surface area contributed by atoms with E-state index in [0.29, 0.717) is 21.5 Å². The minimum atomic E-state index is -1.34. The van der Waals surface area contributed by atoms with Crippen LogP contribution in [-0.2, 0) is 11.2 Å². The van der Waals surface area contributed by atoms with E-state index in [0.717, 1.165) is 13.2 Å². The molecule has 1 aromatic heterocycles. The normalized spacial score (nSPS) is 12.2. The Morgan fingerprint density at radius 2 is 1.34 bits per heavy atom. The molecule has 6 rings (SSSR count). The molecule has 0 bridgehead atoms. The number of nitrogens with one attached hydrogen (secondary N) is 1. The zero-order chi connectivity index (χ0) is 29.4. The summed E-state index contributed by atoms with van der Waals surface area (Å²) in [4.78, 5) is 26.2. The highest BCUT2D eigenvalue weighted by molar-refractivity contribution is 6.02. The van der Waals surface area contributed by atoms with Crippen molar-refractivity contribution in [3.05, 3.63) is 113 Å². The molecule has 0 atom stereocenters. The standard InChI is InChI=1S/C23H16O6.C6H7N.C4H8O/c24-20-16(14-7-3-1-5-12(14)9-18(20)22(26)27)11-17-15-8-4-2-6-13(15)10-19(21(17)25)23(28)29;1-6-4-2-3-5-7-6;1-2-4-5-3-1/h1-10,24-25H,11H2,(H,26,27)(H,28,29);2-5H,1H3;1-4H2. The number of aromatic nitrogens is 1. The minimum absolute atomic E-state index is 0.103. The first kappa shape index (κ1) is 29.0. The maximum Gasteiger partial charge on any atom is 0.339 e. The Morgan fingerprint density at radius 1 is 0.805 bits per heavy atom. The molecule has 8 heteroatoms. The van der Waals surface area contributed by atoms with Gasteiger partial charge < -0.3 is 25.2 Å². The number of aromatic amines is 1. The van der Waals surface area contributed by atoms with Crippen LogP contribution in [0.15, 0.2) is 85.1 Å².